The van der Waals surface area contributed by atoms with E-state index in [0.29, 0.717) is 5.02 Å². The zero-order chi connectivity index (χ0) is 15.2. The first kappa shape index (κ1) is 14.9. The van der Waals surface area contributed by atoms with E-state index in [2.05, 4.69) is 39.7 Å². The Morgan fingerprint density at radius 3 is 2.50 bits per heavy atom. The Morgan fingerprint density at radius 1 is 1.00 bits per heavy atom. The maximum Gasteiger partial charge on any atom is 0.0576 e. The quantitative estimate of drug-likeness (QED) is 0.650. The summed E-state index contributed by atoms with van der Waals surface area (Å²) in [6.07, 6.45) is 5.77. The molecule has 3 nitrogen and oxygen atoms in total. The summed E-state index contributed by atoms with van der Waals surface area (Å²) in [6.45, 7) is 2.34. The van der Waals surface area contributed by atoms with Crippen molar-refractivity contribution in [1.82, 2.24) is 0 Å². The number of benzene rings is 2. The summed E-state index contributed by atoms with van der Waals surface area (Å²) in [7, 11) is 0. The van der Waals surface area contributed by atoms with Crippen molar-refractivity contribution in [3.8, 4) is 0 Å². The summed E-state index contributed by atoms with van der Waals surface area (Å²) in [5.74, 6) is 0. The lowest BCUT2D eigenvalue weighted by molar-refractivity contribution is 0.578. The molecule has 0 aliphatic carbocycles. The number of rotatable bonds is 4. The van der Waals surface area contributed by atoms with E-state index in [1.165, 1.54) is 38.0 Å². The number of nitrogens with one attached hydrogen (secondary N) is 1. The summed E-state index contributed by atoms with van der Waals surface area (Å²) in [5.41, 5.74) is 6.25. The Hall–Kier alpha value is -2.00. The van der Waals surface area contributed by atoms with Gasteiger partial charge in [0.15, 0.2) is 0 Å². The first-order valence-electron chi connectivity index (χ1n) is 7.71. The second kappa shape index (κ2) is 7.32. The van der Waals surface area contributed by atoms with Gasteiger partial charge in [-0.15, -0.1) is 0 Å². The van der Waals surface area contributed by atoms with Crippen LogP contribution in [-0.2, 0) is 0 Å². The summed E-state index contributed by atoms with van der Waals surface area (Å²) < 4.78 is 0. The minimum absolute atomic E-state index is 0.700. The number of piperidine rings is 1. The van der Waals surface area contributed by atoms with Crippen molar-refractivity contribution in [2.24, 2.45) is 5.10 Å². The second-order valence-corrected chi connectivity index (χ2v) is 5.96. The molecule has 0 spiro atoms. The molecule has 1 heterocycles. The standard InChI is InChI=1S/C18H20ClN3/c19-16-5-4-6-17(13-16)21-20-14-15-7-9-18(10-8-15)22-11-2-1-3-12-22/h4-10,13-14,21H,1-3,11-12H2. The summed E-state index contributed by atoms with van der Waals surface area (Å²) in [4.78, 5) is 2.45. The van der Waals surface area contributed by atoms with Gasteiger partial charge in [-0.1, -0.05) is 29.8 Å². The monoisotopic (exact) mass is 313 g/mol. The normalized spacial score (nSPS) is 15.2. The lowest BCUT2D eigenvalue weighted by Gasteiger charge is -2.28. The fraction of sp³-hybridized carbons (Fsp3) is 0.278. The van der Waals surface area contributed by atoms with Crippen molar-refractivity contribution in [3.05, 3.63) is 59.1 Å². The predicted molar refractivity (Wildman–Crippen MR) is 95.2 cm³/mol. The van der Waals surface area contributed by atoms with Crippen molar-refractivity contribution in [2.75, 3.05) is 23.4 Å². The summed E-state index contributed by atoms with van der Waals surface area (Å²) in [6, 6.07) is 16.1. The molecule has 1 aliphatic heterocycles. The average Bonchev–Trinajstić information content (AvgIpc) is 2.56. The summed E-state index contributed by atoms with van der Waals surface area (Å²) in [5, 5.41) is 4.95. The summed E-state index contributed by atoms with van der Waals surface area (Å²) >= 11 is 5.94. The van der Waals surface area contributed by atoms with Gasteiger partial charge in [-0.05, 0) is 55.2 Å². The first-order chi connectivity index (χ1) is 10.8. The minimum atomic E-state index is 0.700. The van der Waals surface area contributed by atoms with Gasteiger partial charge in [-0.25, -0.2) is 0 Å². The molecule has 0 bridgehead atoms. The Bertz CT molecular complexity index is 631. The third kappa shape index (κ3) is 4.01. The van der Waals surface area contributed by atoms with Gasteiger partial charge in [0.2, 0.25) is 0 Å². The van der Waals surface area contributed by atoms with Gasteiger partial charge >= 0.3 is 0 Å². The molecule has 0 atom stereocenters. The van der Waals surface area contributed by atoms with Gasteiger partial charge in [0.1, 0.15) is 0 Å². The van der Waals surface area contributed by atoms with Crippen LogP contribution in [0.15, 0.2) is 53.6 Å². The molecule has 1 saturated heterocycles. The zero-order valence-corrected chi connectivity index (χ0v) is 13.3. The van der Waals surface area contributed by atoms with Gasteiger partial charge in [0.05, 0.1) is 11.9 Å². The fourth-order valence-electron chi connectivity index (χ4n) is 2.66. The smallest absolute Gasteiger partial charge is 0.0576 e. The van der Waals surface area contributed by atoms with Crippen LogP contribution in [0.1, 0.15) is 24.8 Å². The topological polar surface area (TPSA) is 27.6 Å². The van der Waals surface area contributed by atoms with Gasteiger partial charge < -0.3 is 4.90 Å². The van der Waals surface area contributed by atoms with Crippen molar-refractivity contribution in [2.45, 2.75) is 19.3 Å². The van der Waals surface area contributed by atoms with E-state index < -0.39 is 0 Å². The molecule has 0 amide bonds. The van der Waals surface area contributed by atoms with E-state index in [1.54, 1.807) is 0 Å². The van der Waals surface area contributed by atoms with Crippen LogP contribution in [0, 0.1) is 0 Å². The first-order valence-corrected chi connectivity index (χ1v) is 8.09. The maximum absolute atomic E-state index is 5.94. The van der Waals surface area contributed by atoms with E-state index in [-0.39, 0.29) is 0 Å². The molecule has 0 unspecified atom stereocenters. The number of nitrogens with zero attached hydrogens (tertiary/aromatic N) is 2. The molecular formula is C18H20ClN3. The van der Waals surface area contributed by atoms with Crippen LogP contribution in [0.25, 0.3) is 0 Å². The number of anilines is 2. The lowest BCUT2D eigenvalue weighted by Crippen LogP contribution is -2.29. The number of hydrazone groups is 1. The van der Waals surface area contributed by atoms with E-state index in [4.69, 9.17) is 11.6 Å². The van der Waals surface area contributed by atoms with Crippen LogP contribution in [0.4, 0.5) is 11.4 Å². The molecular weight excluding hydrogens is 294 g/mol. The van der Waals surface area contributed by atoms with Crippen LogP contribution in [0.2, 0.25) is 5.02 Å². The number of hydrogen-bond donors (Lipinski definition) is 1. The maximum atomic E-state index is 5.94. The third-order valence-electron chi connectivity index (χ3n) is 3.85. The molecule has 3 rings (SSSR count). The van der Waals surface area contributed by atoms with Crippen molar-refractivity contribution in [1.29, 1.82) is 0 Å². The van der Waals surface area contributed by atoms with Crippen LogP contribution in [0.5, 0.6) is 0 Å². The highest BCUT2D eigenvalue weighted by atomic mass is 35.5. The zero-order valence-electron chi connectivity index (χ0n) is 12.5. The number of halogens is 1. The largest absolute Gasteiger partial charge is 0.372 e. The SMILES string of the molecule is Clc1cccc(NN=Cc2ccc(N3CCCCC3)cc2)c1. The van der Waals surface area contributed by atoms with E-state index in [0.717, 1.165) is 11.3 Å². The molecule has 1 fully saturated rings. The van der Waals surface area contributed by atoms with Crippen LogP contribution in [-0.4, -0.2) is 19.3 Å². The molecule has 22 heavy (non-hydrogen) atoms. The van der Waals surface area contributed by atoms with Gasteiger partial charge in [0.25, 0.3) is 0 Å². The highest BCUT2D eigenvalue weighted by molar-refractivity contribution is 6.30. The van der Waals surface area contributed by atoms with E-state index in [9.17, 15) is 0 Å². The van der Waals surface area contributed by atoms with Crippen LogP contribution >= 0.6 is 11.6 Å². The van der Waals surface area contributed by atoms with Gasteiger partial charge in [0, 0.05) is 23.8 Å². The van der Waals surface area contributed by atoms with Crippen LogP contribution in [0.3, 0.4) is 0 Å². The van der Waals surface area contributed by atoms with Gasteiger partial charge in [-0.3, -0.25) is 5.43 Å². The number of hydrogen-bond acceptors (Lipinski definition) is 3. The van der Waals surface area contributed by atoms with Crippen molar-refractivity contribution in [3.63, 3.8) is 0 Å². The molecule has 114 valence electrons. The second-order valence-electron chi connectivity index (χ2n) is 5.52. The lowest BCUT2D eigenvalue weighted by atomic mass is 10.1. The molecule has 1 N–H and O–H groups in total. The predicted octanol–water partition coefficient (Wildman–Crippen LogP) is 4.78. The average molecular weight is 314 g/mol. The Balaban J connectivity index is 1.59. The highest BCUT2D eigenvalue weighted by Crippen LogP contribution is 2.20. The van der Waals surface area contributed by atoms with Crippen molar-refractivity contribution < 1.29 is 0 Å². The Labute approximate surface area is 136 Å². The molecule has 2 aromatic carbocycles. The molecule has 1 aliphatic rings. The Morgan fingerprint density at radius 2 is 1.77 bits per heavy atom. The minimum Gasteiger partial charge on any atom is -0.372 e. The highest BCUT2D eigenvalue weighted by Gasteiger charge is 2.09. The molecule has 0 aromatic heterocycles. The molecule has 4 heteroatoms. The Kier molecular flexibility index (Phi) is 4.96. The van der Waals surface area contributed by atoms with E-state index >= 15 is 0 Å². The third-order valence-corrected chi connectivity index (χ3v) is 4.08. The van der Waals surface area contributed by atoms with Crippen LogP contribution < -0.4 is 10.3 Å². The van der Waals surface area contributed by atoms with Crippen molar-refractivity contribution >= 4 is 29.2 Å². The van der Waals surface area contributed by atoms with Gasteiger partial charge in [-0.2, -0.15) is 5.10 Å². The fourth-order valence-corrected chi connectivity index (χ4v) is 2.85. The molecule has 2 aromatic rings. The molecule has 0 radical (unpaired) electrons. The van der Waals surface area contributed by atoms with E-state index in [1.807, 2.05) is 30.5 Å². The molecule has 0 saturated carbocycles.